The van der Waals surface area contributed by atoms with E-state index in [1.165, 1.54) is 6.92 Å². The Hall–Kier alpha value is -1.30. The van der Waals surface area contributed by atoms with Gasteiger partial charge in [0, 0.05) is 17.3 Å². The quantitative estimate of drug-likeness (QED) is 0.566. The number of hydrogen-bond acceptors (Lipinski definition) is 2. The summed E-state index contributed by atoms with van der Waals surface area (Å²) in [5.74, 6) is -1.35. The monoisotopic (exact) mass is 222 g/mol. The molecular formula is C9H10F4N2. The van der Waals surface area contributed by atoms with Crippen LogP contribution in [0.3, 0.4) is 0 Å². The van der Waals surface area contributed by atoms with Gasteiger partial charge in [0.2, 0.25) is 0 Å². The van der Waals surface area contributed by atoms with Gasteiger partial charge in [-0.3, -0.25) is 0 Å². The van der Waals surface area contributed by atoms with Gasteiger partial charge in [0.15, 0.2) is 0 Å². The number of alkyl halides is 3. The molecule has 1 atom stereocenters. The zero-order chi connectivity index (χ0) is 11.8. The van der Waals surface area contributed by atoms with Crippen LogP contribution in [0.15, 0.2) is 12.1 Å². The van der Waals surface area contributed by atoms with Crippen LogP contribution in [-0.4, -0.2) is 0 Å². The Morgan fingerprint density at radius 2 is 1.80 bits per heavy atom. The molecule has 1 rings (SSSR count). The maximum absolute atomic E-state index is 13.3. The lowest BCUT2D eigenvalue weighted by Gasteiger charge is -2.14. The smallest absolute Gasteiger partial charge is 0.399 e. The van der Waals surface area contributed by atoms with Crippen molar-refractivity contribution >= 4 is 5.69 Å². The van der Waals surface area contributed by atoms with E-state index in [1.54, 1.807) is 0 Å². The first-order valence-electron chi connectivity index (χ1n) is 4.15. The summed E-state index contributed by atoms with van der Waals surface area (Å²) >= 11 is 0. The van der Waals surface area contributed by atoms with E-state index in [1.807, 2.05) is 0 Å². The first kappa shape index (κ1) is 11.8. The molecule has 0 radical (unpaired) electrons. The normalized spacial score (nSPS) is 14.0. The summed E-state index contributed by atoms with van der Waals surface area (Å²) in [5, 5.41) is 0. The molecule has 0 aromatic heterocycles. The maximum Gasteiger partial charge on any atom is 0.419 e. The Balaban J connectivity index is 3.42. The van der Waals surface area contributed by atoms with Crippen LogP contribution in [0.1, 0.15) is 24.1 Å². The number of nitrogen functional groups attached to an aromatic ring is 1. The molecule has 4 N–H and O–H groups in total. The van der Waals surface area contributed by atoms with E-state index in [9.17, 15) is 17.6 Å². The third kappa shape index (κ3) is 2.38. The Bertz CT molecular complexity index is 371. The lowest BCUT2D eigenvalue weighted by Crippen LogP contribution is -2.15. The van der Waals surface area contributed by atoms with Crippen LogP contribution >= 0.6 is 0 Å². The van der Waals surface area contributed by atoms with Crippen molar-refractivity contribution in [3.63, 3.8) is 0 Å². The van der Waals surface area contributed by atoms with Gasteiger partial charge in [-0.1, -0.05) is 0 Å². The Kier molecular flexibility index (Phi) is 2.90. The first-order chi connectivity index (χ1) is 6.73. The second kappa shape index (κ2) is 3.69. The summed E-state index contributed by atoms with van der Waals surface area (Å²) in [6, 6.07) is 0.825. The maximum atomic E-state index is 13.3. The first-order valence-corrected chi connectivity index (χ1v) is 4.15. The standard InChI is InChI=1S/C9H10F4N2/c1-4(14)6-2-5(15)3-7(8(6)10)9(11,12)13/h2-4H,14-15H2,1H3. The molecule has 84 valence electrons. The van der Waals surface area contributed by atoms with Crippen LogP contribution in [0.2, 0.25) is 0 Å². The minimum absolute atomic E-state index is 0.156. The number of hydrogen-bond donors (Lipinski definition) is 2. The van der Waals surface area contributed by atoms with Gasteiger partial charge in [0.1, 0.15) is 5.82 Å². The van der Waals surface area contributed by atoms with E-state index in [0.717, 1.165) is 6.07 Å². The third-order valence-electron chi connectivity index (χ3n) is 1.92. The van der Waals surface area contributed by atoms with Gasteiger partial charge < -0.3 is 11.5 Å². The molecule has 0 aliphatic rings. The van der Waals surface area contributed by atoms with Crippen LogP contribution < -0.4 is 11.5 Å². The van der Waals surface area contributed by atoms with E-state index in [-0.39, 0.29) is 11.3 Å². The molecule has 6 heteroatoms. The van der Waals surface area contributed by atoms with E-state index < -0.39 is 23.6 Å². The Morgan fingerprint density at radius 1 is 1.27 bits per heavy atom. The lowest BCUT2D eigenvalue weighted by molar-refractivity contribution is -0.140. The summed E-state index contributed by atoms with van der Waals surface area (Å²) in [6.07, 6.45) is -4.76. The second-order valence-corrected chi connectivity index (χ2v) is 3.26. The molecule has 1 unspecified atom stereocenters. The second-order valence-electron chi connectivity index (χ2n) is 3.26. The average molecular weight is 222 g/mol. The summed E-state index contributed by atoms with van der Waals surface area (Å²) < 4.78 is 50.4. The van der Waals surface area contributed by atoms with E-state index >= 15 is 0 Å². The summed E-state index contributed by atoms with van der Waals surface area (Å²) in [6.45, 7) is 1.39. The largest absolute Gasteiger partial charge is 0.419 e. The minimum atomic E-state index is -4.76. The highest BCUT2D eigenvalue weighted by molar-refractivity contribution is 5.47. The zero-order valence-corrected chi connectivity index (χ0v) is 7.90. The molecule has 0 aliphatic carbocycles. The number of rotatable bonds is 1. The predicted molar refractivity (Wildman–Crippen MR) is 48.4 cm³/mol. The SMILES string of the molecule is CC(N)c1cc(N)cc(C(F)(F)F)c1F. The van der Waals surface area contributed by atoms with Crippen molar-refractivity contribution in [2.75, 3.05) is 5.73 Å². The van der Waals surface area contributed by atoms with Gasteiger partial charge in [-0.2, -0.15) is 13.2 Å². The highest BCUT2D eigenvalue weighted by Gasteiger charge is 2.35. The van der Waals surface area contributed by atoms with Gasteiger partial charge in [-0.15, -0.1) is 0 Å². The van der Waals surface area contributed by atoms with Crippen molar-refractivity contribution in [1.82, 2.24) is 0 Å². The summed E-state index contributed by atoms with van der Waals surface area (Å²) in [5.41, 5.74) is 8.80. The number of anilines is 1. The fourth-order valence-electron chi connectivity index (χ4n) is 1.21. The highest BCUT2D eigenvalue weighted by Crippen LogP contribution is 2.35. The fraction of sp³-hybridized carbons (Fsp3) is 0.333. The van der Waals surface area contributed by atoms with Crippen molar-refractivity contribution in [3.05, 3.63) is 29.1 Å². The molecule has 0 saturated carbocycles. The van der Waals surface area contributed by atoms with Gasteiger partial charge in [-0.25, -0.2) is 4.39 Å². The minimum Gasteiger partial charge on any atom is -0.399 e. The van der Waals surface area contributed by atoms with Crippen molar-refractivity contribution in [2.24, 2.45) is 5.73 Å². The molecule has 0 heterocycles. The molecule has 0 fully saturated rings. The van der Waals surface area contributed by atoms with Crippen LogP contribution in [-0.2, 0) is 6.18 Å². The predicted octanol–water partition coefficient (Wildman–Crippen LogP) is 2.45. The van der Waals surface area contributed by atoms with Gasteiger partial charge in [-0.05, 0) is 19.1 Å². The molecule has 1 aromatic carbocycles. The summed E-state index contributed by atoms with van der Waals surface area (Å²) in [4.78, 5) is 0. The molecule has 0 amide bonds. The molecule has 2 nitrogen and oxygen atoms in total. The lowest BCUT2D eigenvalue weighted by atomic mass is 10.0. The number of benzene rings is 1. The van der Waals surface area contributed by atoms with Crippen LogP contribution in [0.5, 0.6) is 0 Å². The summed E-state index contributed by atoms with van der Waals surface area (Å²) in [7, 11) is 0. The topological polar surface area (TPSA) is 52.0 Å². The average Bonchev–Trinajstić information content (AvgIpc) is 2.06. The number of nitrogens with two attached hydrogens (primary N) is 2. The molecule has 0 spiro atoms. The van der Waals surface area contributed by atoms with Crippen molar-refractivity contribution in [2.45, 2.75) is 19.1 Å². The van der Waals surface area contributed by atoms with Crippen molar-refractivity contribution in [3.8, 4) is 0 Å². The fourth-order valence-corrected chi connectivity index (χ4v) is 1.21. The van der Waals surface area contributed by atoms with Crippen LogP contribution in [0, 0.1) is 5.82 Å². The zero-order valence-electron chi connectivity index (χ0n) is 7.90. The molecular weight excluding hydrogens is 212 g/mol. The molecule has 15 heavy (non-hydrogen) atoms. The molecule has 0 saturated heterocycles. The van der Waals surface area contributed by atoms with E-state index in [2.05, 4.69) is 0 Å². The van der Waals surface area contributed by atoms with Crippen LogP contribution in [0.25, 0.3) is 0 Å². The number of halogens is 4. The van der Waals surface area contributed by atoms with Gasteiger partial charge >= 0.3 is 6.18 Å². The molecule has 0 bridgehead atoms. The Labute approximate surface area is 83.9 Å². The third-order valence-corrected chi connectivity index (χ3v) is 1.92. The van der Waals surface area contributed by atoms with Gasteiger partial charge in [0.25, 0.3) is 0 Å². The van der Waals surface area contributed by atoms with E-state index in [0.29, 0.717) is 6.07 Å². The van der Waals surface area contributed by atoms with Crippen molar-refractivity contribution in [1.29, 1.82) is 0 Å². The molecule has 1 aromatic rings. The molecule has 0 aliphatic heterocycles. The van der Waals surface area contributed by atoms with E-state index in [4.69, 9.17) is 11.5 Å². The van der Waals surface area contributed by atoms with Gasteiger partial charge in [0.05, 0.1) is 5.56 Å². The highest BCUT2D eigenvalue weighted by atomic mass is 19.4. The van der Waals surface area contributed by atoms with Crippen molar-refractivity contribution < 1.29 is 17.6 Å². The van der Waals surface area contributed by atoms with Crippen LogP contribution in [0.4, 0.5) is 23.2 Å². The Morgan fingerprint density at radius 3 is 2.20 bits per heavy atom.